The highest BCUT2D eigenvalue weighted by Gasteiger charge is 2.36. The Bertz CT molecular complexity index is 69.5. The van der Waals surface area contributed by atoms with Gasteiger partial charge in [0.1, 0.15) is 8.95 Å². The Balaban J connectivity index is 4.02. The molecule has 0 saturated heterocycles. The highest BCUT2D eigenvalue weighted by atomic mass is 35.5. The van der Waals surface area contributed by atoms with E-state index in [4.69, 9.17) is 40.5 Å². The highest BCUT2D eigenvalue weighted by molar-refractivity contribution is 6.60. The fourth-order valence-electron chi connectivity index (χ4n) is 0. The maximum atomic E-state index is 5.47. The first-order valence-corrected chi connectivity index (χ1v) is 3.49. The van der Waals surface area contributed by atoms with E-state index in [1.54, 1.807) is 0 Å². The molecule has 1 atom stereocenters. The van der Waals surface area contributed by atoms with Crippen LogP contribution >= 0.6 is 34.8 Å². The predicted molar refractivity (Wildman–Crippen MR) is 38.6 cm³/mol. The van der Waals surface area contributed by atoms with Crippen LogP contribution in [0.4, 0.5) is 0 Å². The Kier molecular flexibility index (Phi) is 2.65. The van der Waals surface area contributed by atoms with Crippen molar-refractivity contribution in [1.29, 1.82) is 0 Å². The normalized spacial score (nSPS) is 20.2. The molecule has 1 unspecified atom stereocenters. The molecule has 0 heterocycles. The number of hydrogen-bond acceptors (Lipinski definition) is 1. The van der Waals surface area contributed by atoms with Crippen molar-refractivity contribution >= 4 is 45.0 Å². The molecule has 0 aromatic heterocycles. The minimum absolute atomic E-state index is 1.16. The lowest BCUT2D eigenvalue weighted by atomic mass is 10.4. The van der Waals surface area contributed by atoms with Crippen molar-refractivity contribution in [2.45, 2.75) is 15.9 Å². The van der Waals surface area contributed by atoms with E-state index in [2.05, 4.69) is 10.2 Å². The topological polar surface area (TPSA) is 26.0 Å². The molecule has 0 saturated carbocycles. The van der Waals surface area contributed by atoms with Gasteiger partial charge in [0.05, 0.1) is 10.2 Å². The molecule has 0 aliphatic heterocycles. The summed E-state index contributed by atoms with van der Waals surface area (Å²) < 4.78 is -2.42. The monoisotopic (exact) mass is 188 g/mol. The smallest absolute Gasteiger partial charge is 0.143 e. The van der Waals surface area contributed by atoms with Gasteiger partial charge in [0.2, 0.25) is 0 Å². The molecule has 0 bridgehead atoms. The van der Waals surface area contributed by atoms with Crippen LogP contribution in [0.1, 0.15) is 6.92 Å². The third kappa shape index (κ3) is 2.55. The molecule has 1 nitrogen and oxygen atoms in total. The molecule has 0 aromatic carbocycles. The van der Waals surface area contributed by atoms with Crippen molar-refractivity contribution < 1.29 is 0 Å². The summed E-state index contributed by atoms with van der Waals surface area (Å²) in [5.41, 5.74) is 5.23. The minimum Gasteiger partial charge on any atom is -0.314 e. The maximum absolute atomic E-state index is 5.47. The Morgan fingerprint density at radius 3 is 1.50 bits per heavy atom. The fourth-order valence-corrected chi connectivity index (χ4v) is 0. The average molecular weight is 190 g/mol. The summed E-state index contributed by atoms with van der Waals surface area (Å²) in [5.74, 6) is 0. The van der Waals surface area contributed by atoms with Crippen LogP contribution in [0, 0.1) is 0 Å². The van der Waals surface area contributed by atoms with Crippen LogP contribution in [0.3, 0.4) is 0 Å². The van der Waals surface area contributed by atoms with Crippen molar-refractivity contribution in [3.63, 3.8) is 0 Å². The number of rotatable bonds is 1. The van der Waals surface area contributed by atoms with Crippen LogP contribution in [0.5, 0.6) is 0 Å². The zero-order chi connectivity index (χ0) is 7.00. The molecular weight excluding hydrogens is 184 g/mol. The quantitative estimate of drug-likeness (QED) is 0.374. The maximum Gasteiger partial charge on any atom is 0.143 e. The molecule has 0 aromatic rings. The van der Waals surface area contributed by atoms with Crippen LogP contribution in [0.25, 0.3) is 0 Å². The zero-order valence-electron chi connectivity index (χ0n) is 4.21. The second-order valence-corrected chi connectivity index (χ2v) is 5.01. The van der Waals surface area contributed by atoms with Gasteiger partial charge in [0, 0.05) is 0 Å². The Labute approximate surface area is 66.9 Å². The van der Waals surface area contributed by atoms with Gasteiger partial charge >= 0.3 is 0 Å². The summed E-state index contributed by atoms with van der Waals surface area (Å²) in [4.78, 5) is 0. The molecule has 0 aliphatic carbocycles. The van der Waals surface area contributed by atoms with E-state index in [-0.39, 0.29) is 0 Å². The SMILES string of the molecule is CC(Cl)(Cl)C(N)([Si])Cl. The summed E-state index contributed by atoms with van der Waals surface area (Å²) >= 11 is 16.4. The molecule has 2 N–H and O–H groups in total. The largest absolute Gasteiger partial charge is 0.314 e. The van der Waals surface area contributed by atoms with Crippen molar-refractivity contribution in [2.75, 3.05) is 0 Å². The van der Waals surface area contributed by atoms with Crippen LogP contribution in [0.2, 0.25) is 0 Å². The summed E-state index contributed by atoms with van der Waals surface area (Å²) in [6, 6.07) is 0. The summed E-state index contributed by atoms with van der Waals surface area (Å²) in [6.45, 7) is 1.50. The molecule has 0 spiro atoms. The second-order valence-electron chi connectivity index (χ2n) is 1.60. The number of hydrogen-bond donors (Lipinski definition) is 1. The van der Waals surface area contributed by atoms with E-state index in [1.807, 2.05) is 0 Å². The lowest BCUT2D eigenvalue weighted by Crippen LogP contribution is -2.48. The van der Waals surface area contributed by atoms with Gasteiger partial charge < -0.3 is 5.73 Å². The first-order chi connectivity index (χ1) is 3.25. The molecule has 0 aliphatic rings. The number of halogens is 3. The first kappa shape index (κ1) is 9.05. The Morgan fingerprint density at radius 1 is 1.38 bits per heavy atom. The number of nitrogens with two attached hydrogens (primary N) is 1. The molecule has 3 radical (unpaired) electrons. The van der Waals surface area contributed by atoms with Crippen LogP contribution in [-0.2, 0) is 0 Å². The van der Waals surface area contributed by atoms with Crippen molar-refractivity contribution in [3.05, 3.63) is 0 Å². The molecule has 5 heteroatoms. The molecule has 0 rings (SSSR count). The molecule has 0 fully saturated rings. The highest BCUT2D eigenvalue weighted by Crippen LogP contribution is 2.31. The molecule has 47 valence electrons. The zero-order valence-corrected chi connectivity index (χ0v) is 7.48. The van der Waals surface area contributed by atoms with Gasteiger partial charge in [-0.05, 0) is 6.92 Å². The van der Waals surface area contributed by atoms with Crippen molar-refractivity contribution in [1.82, 2.24) is 0 Å². The molecule has 8 heavy (non-hydrogen) atoms. The van der Waals surface area contributed by atoms with Gasteiger partial charge in [-0.3, -0.25) is 0 Å². The average Bonchev–Trinajstić information content (AvgIpc) is 1.25. The third-order valence-corrected chi connectivity index (χ3v) is 2.62. The van der Waals surface area contributed by atoms with E-state index in [0.717, 1.165) is 0 Å². The van der Waals surface area contributed by atoms with Crippen LogP contribution in [0.15, 0.2) is 0 Å². The number of alkyl halides is 3. The third-order valence-electron chi connectivity index (χ3n) is 0.639. The summed E-state index contributed by atoms with van der Waals surface area (Å²) in [5, 5.41) is 0. The Morgan fingerprint density at radius 2 is 1.50 bits per heavy atom. The van der Waals surface area contributed by atoms with Gasteiger partial charge in [-0.15, -0.1) is 11.6 Å². The summed E-state index contributed by atoms with van der Waals surface area (Å²) in [6.07, 6.45) is 0. The van der Waals surface area contributed by atoms with Gasteiger partial charge in [-0.25, -0.2) is 0 Å². The van der Waals surface area contributed by atoms with E-state index in [0.29, 0.717) is 0 Å². The van der Waals surface area contributed by atoms with Gasteiger partial charge in [0.25, 0.3) is 0 Å². The Hall–Kier alpha value is 1.05. The summed E-state index contributed by atoms with van der Waals surface area (Å²) in [7, 11) is 2.93. The first-order valence-electron chi connectivity index (χ1n) is 1.86. The van der Waals surface area contributed by atoms with Crippen LogP contribution in [-0.4, -0.2) is 19.2 Å². The van der Waals surface area contributed by atoms with E-state index in [9.17, 15) is 0 Å². The lowest BCUT2D eigenvalue weighted by molar-refractivity contribution is 0.731. The van der Waals surface area contributed by atoms with Crippen LogP contribution < -0.4 is 5.73 Å². The minimum atomic E-state index is -1.25. The van der Waals surface area contributed by atoms with E-state index >= 15 is 0 Å². The fraction of sp³-hybridized carbons (Fsp3) is 1.00. The van der Waals surface area contributed by atoms with Gasteiger partial charge in [-0.2, -0.15) is 0 Å². The van der Waals surface area contributed by atoms with Crippen molar-refractivity contribution in [2.24, 2.45) is 5.73 Å². The van der Waals surface area contributed by atoms with E-state index < -0.39 is 8.95 Å². The van der Waals surface area contributed by atoms with Crippen molar-refractivity contribution in [3.8, 4) is 0 Å². The van der Waals surface area contributed by atoms with E-state index in [1.165, 1.54) is 6.92 Å². The molecular formula is C3H5Cl3NSi. The lowest BCUT2D eigenvalue weighted by Gasteiger charge is -2.26. The standard InChI is InChI=1S/C3H5Cl3NSi/c1-2(4,5)3(6,7)8/h7H2,1H3. The van der Waals surface area contributed by atoms with Gasteiger partial charge in [0.15, 0.2) is 0 Å². The second kappa shape index (κ2) is 2.35. The van der Waals surface area contributed by atoms with Gasteiger partial charge in [-0.1, -0.05) is 23.2 Å². The molecule has 0 amide bonds. The predicted octanol–water partition coefficient (Wildman–Crippen LogP) is 1.20.